The molecule has 6 nitrogen and oxygen atoms in total. The van der Waals surface area contributed by atoms with E-state index in [4.69, 9.17) is 5.11 Å². The monoisotopic (exact) mass is 291 g/mol. The molecule has 2 rings (SSSR count). The average Bonchev–Trinajstić information content (AvgIpc) is 2.47. The second kappa shape index (κ2) is 7.75. The maximum absolute atomic E-state index is 12.1. The first-order valence-corrected chi connectivity index (χ1v) is 7.18. The lowest BCUT2D eigenvalue weighted by atomic mass is 10.1. The van der Waals surface area contributed by atoms with Crippen LogP contribution in [0, 0.1) is 0 Å². The summed E-state index contributed by atoms with van der Waals surface area (Å²) in [6, 6.07) is 7.35. The Kier molecular flexibility index (Phi) is 5.71. The summed E-state index contributed by atoms with van der Waals surface area (Å²) in [6.45, 7) is 3.92. The van der Waals surface area contributed by atoms with Crippen LogP contribution < -0.4 is 10.6 Å². The molecular formula is C15H21N3O3. The van der Waals surface area contributed by atoms with Gasteiger partial charge in [-0.05, 0) is 18.1 Å². The molecule has 0 aliphatic carbocycles. The fourth-order valence-electron chi connectivity index (χ4n) is 2.36. The van der Waals surface area contributed by atoms with E-state index in [0.29, 0.717) is 18.7 Å². The van der Waals surface area contributed by atoms with Crippen molar-refractivity contribution in [3.63, 3.8) is 0 Å². The summed E-state index contributed by atoms with van der Waals surface area (Å²) in [7, 11) is 0. The summed E-state index contributed by atoms with van der Waals surface area (Å²) in [6.07, 6.45) is 0.476. The number of aryl methyl sites for hydroxylation is 1. The second-order valence-electron chi connectivity index (χ2n) is 5.13. The number of hydrogen-bond donors (Lipinski definition) is 3. The van der Waals surface area contributed by atoms with Gasteiger partial charge < -0.3 is 15.7 Å². The van der Waals surface area contributed by atoms with Gasteiger partial charge in [-0.25, -0.2) is 0 Å². The molecule has 3 N–H and O–H groups in total. The zero-order valence-corrected chi connectivity index (χ0v) is 12.0. The molecule has 1 saturated heterocycles. The van der Waals surface area contributed by atoms with Crippen LogP contribution in [0.4, 0.5) is 5.69 Å². The summed E-state index contributed by atoms with van der Waals surface area (Å²) in [5, 5.41) is 14.9. The highest BCUT2D eigenvalue weighted by Crippen LogP contribution is 2.17. The number of benzene rings is 1. The third kappa shape index (κ3) is 5.17. The summed E-state index contributed by atoms with van der Waals surface area (Å²) >= 11 is 0. The standard InChI is InChI=1S/C15H21N3O3/c19-14(11-18-9-7-16-8-10-18)17-13-4-2-1-3-12(13)5-6-15(20)21/h1-4,16H,5-11H2,(H,17,19)(H,20,21). The van der Waals surface area contributed by atoms with Crippen LogP contribution in [0.3, 0.4) is 0 Å². The van der Waals surface area contributed by atoms with Crippen LogP contribution in [-0.2, 0) is 16.0 Å². The predicted octanol–water partition coefficient (Wildman–Crippen LogP) is 0.547. The third-order valence-electron chi connectivity index (χ3n) is 3.48. The van der Waals surface area contributed by atoms with E-state index < -0.39 is 5.97 Å². The van der Waals surface area contributed by atoms with E-state index in [1.54, 1.807) is 0 Å². The van der Waals surface area contributed by atoms with Crippen molar-refractivity contribution in [2.75, 3.05) is 38.0 Å². The first-order valence-electron chi connectivity index (χ1n) is 7.18. The van der Waals surface area contributed by atoms with E-state index in [1.165, 1.54) is 0 Å². The van der Waals surface area contributed by atoms with Crippen molar-refractivity contribution in [2.24, 2.45) is 0 Å². The quantitative estimate of drug-likeness (QED) is 0.713. The molecule has 1 aromatic carbocycles. The number of hydrogen-bond acceptors (Lipinski definition) is 4. The van der Waals surface area contributed by atoms with Crippen LogP contribution in [0.5, 0.6) is 0 Å². The van der Waals surface area contributed by atoms with Crippen LogP contribution in [-0.4, -0.2) is 54.6 Å². The number of anilines is 1. The number of amides is 1. The number of para-hydroxylation sites is 1. The predicted molar refractivity (Wildman–Crippen MR) is 80.3 cm³/mol. The first kappa shape index (κ1) is 15.5. The Morgan fingerprint density at radius 2 is 1.95 bits per heavy atom. The van der Waals surface area contributed by atoms with Crippen LogP contribution in [0.25, 0.3) is 0 Å². The van der Waals surface area contributed by atoms with Gasteiger partial charge in [-0.15, -0.1) is 0 Å². The lowest BCUT2D eigenvalue weighted by Gasteiger charge is -2.26. The topological polar surface area (TPSA) is 81.7 Å². The van der Waals surface area contributed by atoms with Gasteiger partial charge in [0, 0.05) is 38.3 Å². The van der Waals surface area contributed by atoms with Crippen LogP contribution in [0.15, 0.2) is 24.3 Å². The van der Waals surface area contributed by atoms with E-state index in [1.807, 2.05) is 24.3 Å². The van der Waals surface area contributed by atoms with Crippen molar-refractivity contribution in [1.29, 1.82) is 0 Å². The van der Waals surface area contributed by atoms with Gasteiger partial charge in [-0.1, -0.05) is 18.2 Å². The Labute approximate surface area is 124 Å². The van der Waals surface area contributed by atoms with Crippen LogP contribution in [0.1, 0.15) is 12.0 Å². The number of nitrogens with one attached hydrogen (secondary N) is 2. The molecule has 0 atom stereocenters. The van der Waals surface area contributed by atoms with Crippen molar-refractivity contribution in [3.8, 4) is 0 Å². The van der Waals surface area contributed by atoms with Gasteiger partial charge in [-0.2, -0.15) is 0 Å². The van der Waals surface area contributed by atoms with E-state index in [0.717, 1.165) is 31.7 Å². The minimum absolute atomic E-state index is 0.0559. The molecule has 6 heteroatoms. The fraction of sp³-hybridized carbons (Fsp3) is 0.467. The van der Waals surface area contributed by atoms with Gasteiger partial charge in [-0.3, -0.25) is 14.5 Å². The smallest absolute Gasteiger partial charge is 0.303 e. The highest BCUT2D eigenvalue weighted by Gasteiger charge is 2.14. The molecule has 1 aliphatic rings. The van der Waals surface area contributed by atoms with Gasteiger partial charge in [0.25, 0.3) is 0 Å². The second-order valence-corrected chi connectivity index (χ2v) is 5.13. The summed E-state index contributed by atoms with van der Waals surface area (Å²) in [5.74, 6) is -0.892. The normalized spacial score (nSPS) is 15.6. The highest BCUT2D eigenvalue weighted by atomic mass is 16.4. The van der Waals surface area contributed by atoms with Gasteiger partial charge in [0.2, 0.25) is 5.91 Å². The van der Waals surface area contributed by atoms with E-state index in [9.17, 15) is 9.59 Å². The average molecular weight is 291 g/mol. The SMILES string of the molecule is O=C(O)CCc1ccccc1NC(=O)CN1CCNCC1. The molecule has 21 heavy (non-hydrogen) atoms. The van der Waals surface area contributed by atoms with Crippen molar-refractivity contribution in [3.05, 3.63) is 29.8 Å². The number of rotatable bonds is 6. The van der Waals surface area contributed by atoms with Crippen molar-refractivity contribution in [1.82, 2.24) is 10.2 Å². The Morgan fingerprint density at radius 3 is 2.67 bits per heavy atom. The van der Waals surface area contributed by atoms with Crippen LogP contribution >= 0.6 is 0 Å². The Morgan fingerprint density at radius 1 is 1.24 bits per heavy atom. The van der Waals surface area contributed by atoms with Crippen molar-refractivity contribution >= 4 is 17.6 Å². The molecule has 1 aromatic rings. The first-order chi connectivity index (χ1) is 10.1. The Hall–Kier alpha value is -1.92. The van der Waals surface area contributed by atoms with Gasteiger partial charge in [0.15, 0.2) is 0 Å². The maximum atomic E-state index is 12.1. The number of aliphatic carboxylic acids is 1. The van der Waals surface area contributed by atoms with Gasteiger partial charge in [0.05, 0.1) is 6.54 Å². The zero-order chi connectivity index (χ0) is 15.1. The Balaban J connectivity index is 1.91. The zero-order valence-electron chi connectivity index (χ0n) is 12.0. The van der Waals surface area contributed by atoms with E-state index >= 15 is 0 Å². The van der Waals surface area contributed by atoms with Gasteiger partial charge >= 0.3 is 5.97 Å². The summed E-state index contributed by atoms with van der Waals surface area (Å²) in [5.41, 5.74) is 1.56. The minimum atomic E-state index is -0.836. The number of piperazine rings is 1. The van der Waals surface area contributed by atoms with Crippen LogP contribution in [0.2, 0.25) is 0 Å². The van der Waals surface area contributed by atoms with Gasteiger partial charge in [0.1, 0.15) is 0 Å². The molecule has 114 valence electrons. The molecule has 0 aromatic heterocycles. The molecular weight excluding hydrogens is 270 g/mol. The highest BCUT2D eigenvalue weighted by molar-refractivity contribution is 5.93. The number of carboxylic acids is 1. The third-order valence-corrected chi connectivity index (χ3v) is 3.48. The molecule has 0 unspecified atom stereocenters. The summed E-state index contributed by atoms with van der Waals surface area (Å²) in [4.78, 5) is 24.9. The molecule has 1 aliphatic heterocycles. The largest absolute Gasteiger partial charge is 0.481 e. The fourth-order valence-corrected chi connectivity index (χ4v) is 2.36. The number of carboxylic acid groups (broad SMARTS) is 1. The summed E-state index contributed by atoms with van der Waals surface area (Å²) < 4.78 is 0. The van der Waals surface area contributed by atoms with Crippen molar-refractivity contribution in [2.45, 2.75) is 12.8 Å². The minimum Gasteiger partial charge on any atom is -0.481 e. The molecule has 0 spiro atoms. The Bertz CT molecular complexity index is 499. The number of carbonyl (C=O) groups is 2. The maximum Gasteiger partial charge on any atom is 0.303 e. The number of carbonyl (C=O) groups excluding carboxylic acids is 1. The molecule has 1 fully saturated rings. The van der Waals surface area contributed by atoms with E-state index in [2.05, 4.69) is 15.5 Å². The molecule has 1 heterocycles. The molecule has 0 saturated carbocycles. The lowest BCUT2D eigenvalue weighted by Crippen LogP contribution is -2.46. The molecule has 1 amide bonds. The number of nitrogens with zero attached hydrogens (tertiary/aromatic N) is 1. The van der Waals surface area contributed by atoms with Crippen molar-refractivity contribution < 1.29 is 14.7 Å². The lowest BCUT2D eigenvalue weighted by molar-refractivity contribution is -0.136. The molecule has 0 radical (unpaired) electrons. The van der Waals surface area contributed by atoms with E-state index in [-0.39, 0.29) is 12.3 Å². The molecule has 0 bridgehead atoms.